The van der Waals surface area contributed by atoms with E-state index >= 15 is 0 Å². The summed E-state index contributed by atoms with van der Waals surface area (Å²) in [4.78, 5) is 13.8. The van der Waals surface area contributed by atoms with Gasteiger partial charge < -0.3 is 4.74 Å². The van der Waals surface area contributed by atoms with Crippen molar-refractivity contribution in [2.75, 3.05) is 26.2 Å². The van der Waals surface area contributed by atoms with Crippen LogP contribution in [0.15, 0.2) is 28.2 Å². The molecule has 138 valence electrons. The van der Waals surface area contributed by atoms with E-state index in [4.69, 9.17) is 4.74 Å². The summed E-state index contributed by atoms with van der Waals surface area (Å²) in [5.41, 5.74) is 4.23. The summed E-state index contributed by atoms with van der Waals surface area (Å²) in [5.74, 6) is 0.594. The van der Waals surface area contributed by atoms with Gasteiger partial charge in [-0.1, -0.05) is 53.6 Å². The summed E-state index contributed by atoms with van der Waals surface area (Å²) in [6, 6.07) is 6.48. The lowest BCUT2D eigenvalue weighted by atomic mass is 9.95. The zero-order valence-electron chi connectivity index (χ0n) is 15.7. The smallest absolute Gasteiger partial charge is 0.320 e. The van der Waals surface area contributed by atoms with Crippen molar-refractivity contribution in [3.05, 3.63) is 39.4 Å². The second kappa shape index (κ2) is 10.1. The third kappa shape index (κ3) is 6.59. The molecule has 0 amide bonds. The highest BCUT2D eigenvalue weighted by molar-refractivity contribution is 9.10. The molecule has 0 radical (unpaired) electrons. The van der Waals surface area contributed by atoms with Crippen LogP contribution < -0.4 is 0 Å². The van der Waals surface area contributed by atoms with Crippen LogP contribution in [-0.2, 0) is 16.0 Å². The van der Waals surface area contributed by atoms with Gasteiger partial charge in [-0.2, -0.15) is 0 Å². The van der Waals surface area contributed by atoms with Crippen LogP contribution in [0.2, 0.25) is 0 Å². The SMILES string of the molecule is CCOC(=O)CN1CCC(=Cc2cccc(Br)c2CCC(C)C)CC1. The molecule has 1 fully saturated rings. The van der Waals surface area contributed by atoms with E-state index in [0.717, 1.165) is 32.4 Å². The van der Waals surface area contributed by atoms with Crippen LogP contribution in [0.1, 0.15) is 51.2 Å². The number of rotatable bonds is 7. The summed E-state index contributed by atoms with van der Waals surface area (Å²) in [7, 11) is 0. The average Bonchev–Trinajstić information content (AvgIpc) is 2.56. The first-order valence-corrected chi connectivity index (χ1v) is 10.1. The molecule has 1 heterocycles. The molecule has 0 aliphatic carbocycles. The molecule has 0 atom stereocenters. The fraction of sp³-hybridized carbons (Fsp3) is 0.571. The van der Waals surface area contributed by atoms with Gasteiger partial charge in [0.2, 0.25) is 0 Å². The average molecular weight is 408 g/mol. The predicted octanol–water partition coefficient (Wildman–Crippen LogP) is 5.08. The minimum Gasteiger partial charge on any atom is -0.465 e. The quantitative estimate of drug-likeness (QED) is 0.590. The molecule has 0 bridgehead atoms. The minimum absolute atomic E-state index is 0.113. The largest absolute Gasteiger partial charge is 0.465 e. The van der Waals surface area contributed by atoms with E-state index in [9.17, 15) is 4.79 Å². The molecule has 0 N–H and O–H groups in total. The number of halogens is 1. The number of esters is 1. The van der Waals surface area contributed by atoms with E-state index in [-0.39, 0.29) is 5.97 Å². The molecule has 1 aromatic rings. The molecule has 1 saturated heterocycles. The Bertz CT molecular complexity index is 600. The van der Waals surface area contributed by atoms with Crippen LogP contribution in [0.25, 0.3) is 6.08 Å². The molecule has 1 aliphatic rings. The van der Waals surface area contributed by atoms with E-state index in [1.165, 1.54) is 27.6 Å². The number of hydrogen-bond acceptors (Lipinski definition) is 3. The molecule has 1 aliphatic heterocycles. The van der Waals surface area contributed by atoms with E-state index in [2.05, 4.69) is 59.0 Å². The number of carbonyl (C=O) groups excluding carboxylic acids is 1. The van der Waals surface area contributed by atoms with Crippen LogP contribution in [0.4, 0.5) is 0 Å². The van der Waals surface area contributed by atoms with Crippen molar-refractivity contribution >= 4 is 28.0 Å². The number of hydrogen-bond donors (Lipinski definition) is 0. The maximum absolute atomic E-state index is 11.6. The Hall–Kier alpha value is -1.13. The van der Waals surface area contributed by atoms with Gasteiger partial charge in [-0.15, -0.1) is 0 Å². The molecule has 0 aromatic heterocycles. The summed E-state index contributed by atoms with van der Waals surface area (Å²) < 4.78 is 6.25. The predicted molar refractivity (Wildman–Crippen MR) is 108 cm³/mol. The Labute approximate surface area is 160 Å². The lowest BCUT2D eigenvalue weighted by molar-refractivity contribution is -0.144. The van der Waals surface area contributed by atoms with E-state index < -0.39 is 0 Å². The van der Waals surface area contributed by atoms with Crippen LogP contribution in [0.3, 0.4) is 0 Å². The summed E-state index contributed by atoms with van der Waals surface area (Å²) in [6.07, 6.45) is 6.71. The van der Waals surface area contributed by atoms with Crippen LogP contribution >= 0.6 is 15.9 Å². The molecule has 4 heteroatoms. The maximum Gasteiger partial charge on any atom is 0.320 e. The van der Waals surface area contributed by atoms with Gasteiger partial charge in [-0.25, -0.2) is 0 Å². The molecule has 0 spiro atoms. The molecular formula is C21H30BrNO2. The minimum atomic E-state index is -0.113. The Balaban J connectivity index is 2.00. The fourth-order valence-corrected chi connectivity index (χ4v) is 3.74. The molecule has 0 unspecified atom stereocenters. The third-order valence-corrected chi connectivity index (χ3v) is 5.39. The highest BCUT2D eigenvalue weighted by Gasteiger charge is 2.17. The monoisotopic (exact) mass is 407 g/mol. The fourth-order valence-electron chi connectivity index (χ4n) is 3.16. The zero-order chi connectivity index (χ0) is 18.2. The molecule has 3 nitrogen and oxygen atoms in total. The second-order valence-electron chi connectivity index (χ2n) is 7.12. The van der Waals surface area contributed by atoms with Crippen molar-refractivity contribution in [1.82, 2.24) is 4.90 Å². The zero-order valence-corrected chi connectivity index (χ0v) is 17.3. The van der Waals surface area contributed by atoms with Crippen molar-refractivity contribution in [3.63, 3.8) is 0 Å². The lowest BCUT2D eigenvalue weighted by Crippen LogP contribution is -2.35. The molecule has 25 heavy (non-hydrogen) atoms. The number of carbonyl (C=O) groups is 1. The first-order chi connectivity index (χ1) is 12.0. The first-order valence-electron chi connectivity index (χ1n) is 9.34. The van der Waals surface area contributed by atoms with Gasteiger partial charge in [0, 0.05) is 17.6 Å². The summed E-state index contributed by atoms with van der Waals surface area (Å²) >= 11 is 3.72. The first kappa shape index (κ1) is 20.2. The Morgan fingerprint density at radius 3 is 2.68 bits per heavy atom. The van der Waals surface area contributed by atoms with Crippen molar-refractivity contribution in [2.24, 2.45) is 5.92 Å². The molecule has 1 aromatic carbocycles. The standard InChI is InChI=1S/C21H30BrNO2/c1-4-25-21(24)15-23-12-10-17(11-13-23)14-18-6-5-7-20(22)19(18)9-8-16(2)3/h5-7,14,16H,4,8-13,15H2,1-3H3. The van der Waals surface area contributed by atoms with Gasteiger partial charge in [0.25, 0.3) is 0 Å². The molecule has 2 rings (SSSR count). The van der Waals surface area contributed by atoms with E-state index in [1.54, 1.807) is 0 Å². The van der Waals surface area contributed by atoms with Gasteiger partial charge in [-0.3, -0.25) is 9.69 Å². The number of benzene rings is 1. The third-order valence-electron chi connectivity index (χ3n) is 4.64. The topological polar surface area (TPSA) is 29.5 Å². The van der Waals surface area contributed by atoms with Crippen molar-refractivity contribution in [2.45, 2.75) is 46.5 Å². The molecule has 0 saturated carbocycles. The van der Waals surface area contributed by atoms with E-state index in [1.807, 2.05) is 6.92 Å². The van der Waals surface area contributed by atoms with Crippen LogP contribution in [-0.4, -0.2) is 37.1 Å². The lowest BCUT2D eigenvalue weighted by Gasteiger charge is -2.27. The van der Waals surface area contributed by atoms with E-state index in [0.29, 0.717) is 19.1 Å². The van der Waals surface area contributed by atoms with Crippen LogP contribution in [0.5, 0.6) is 0 Å². The molecular weight excluding hydrogens is 378 g/mol. The van der Waals surface area contributed by atoms with Crippen LogP contribution in [0, 0.1) is 5.92 Å². The second-order valence-corrected chi connectivity index (χ2v) is 7.98. The number of nitrogens with zero attached hydrogens (tertiary/aromatic N) is 1. The number of ether oxygens (including phenoxy) is 1. The van der Waals surface area contributed by atoms with Gasteiger partial charge >= 0.3 is 5.97 Å². The van der Waals surface area contributed by atoms with Crippen molar-refractivity contribution in [3.8, 4) is 0 Å². The van der Waals surface area contributed by atoms with Crippen molar-refractivity contribution in [1.29, 1.82) is 0 Å². The van der Waals surface area contributed by atoms with Gasteiger partial charge in [0.1, 0.15) is 0 Å². The van der Waals surface area contributed by atoms with Crippen molar-refractivity contribution < 1.29 is 9.53 Å². The number of piperidine rings is 1. The Morgan fingerprint density at radius 2 is 2.04 bits per heavy atom. The highest BCUT2D eigenvalue weighted by Crippen LogP contribution is 2.27. The normalized spacial score (nSPS) is 15.5. The summed E-state index contributed by atoms with van der Waals surface area (Å²) in [5, 5.41) is 0. The van der Waals surface area contributed by atoms with Gasteiger partial charge in [-0.05, 0) is 55.7 Å². The van der Waals surface area contributed by atoms with Gasteiger partial charge in [0.05, 0.1) is 13.2 Å². The Morgan fingerprint density at radius 1 is 1.32 bits per heavy atom. The summed E-state index contributed by atoms with van der Waals surface area (Å²) in [6.45, 7) is 9.13. The highest BCUT2D eigenvalue weighted by atomic mass is 79.9. The maximum atomic E-state index is 11.6. The Kier molecular flexibility index (Phi) is 8.17. The number of likely N-dealkylation sites (tertiary alicyclic amines) is 1. The van der Waals surface area contributed by atoms with Gasteiger partial charge in [0.15, 0.2) is 0 Å².